The summed E-state index contributed by atoms with van der Waals surface area (Å²) in [7, 11) is 0. The number of carbonyl (C=O) groups excluding carboxylic acids is 2. The third kappa shape index (κ3) is 3.99. The zero-order valence-corrected chi connectivity index (χ0v) is 17.3. The van der Waals surface area contributed by atoms with Gasteiger partial charge in [0, 0.05) is 36.2 Å². The summed E-state index contributed by atoms with van der Waals surface area (Å²) in [5, 5.41) is 3.34. The Labute approximate surface area is 171 Å². The summed E-state index contributed by atoms with van der Waals surface area (Å²) in [6.07, 6.45) is 4.75. The zero-order chi connectivity index (χ0) is 20.6. The van der Waals surface area contributed by atoms with Gasteiger partial charge in [0.05, 0.1) is 23.3 Å². The standard InChI is InChI=1S/C23H28N2O4/c1-14-19(22(27)29-13-15-7-6-10-28-15)21(16-8-4-5-9-24-16)20-17(25-14)11-23(2,3)12-18(20)26/h4-5,8-9,15,21,25H,6-7,10-13H2,1-3H3/t15-,21-/m1/s1. The minimum absolute atomic E-state index is 0.0448. The summed E-state index contributed by atoms with van der Waals surface area (Å²) < 4.78 is 11.2. The minimum atomic E-state index is -0.506. The predicted molar refractivity (Wildman–Crippen MR) is 108 cm³/mol. The Morgan fingerprint density at radius 3 is 2.86 bits per heavy atom. The van der Waals surface area contributed by atoms with Crippen molar-refractivity contribution in [2.75, 3.05) is 13.2 Å². The maximum Gasteiger partial charge on any atom is 0.336 e. The van der Waals surface area contributed by atoms with Crippen LogP contribution in [0.25, 0.3) is 0 Å². The first-order valence-electron chi connectivity index (χ1n) is 10.3. The number of Topliss-reactive ketones (excluding diaryl/α,β-unsaturated/α-hetero) is 1. The maximum atomic E-state index is 13.1. The van der Waals surface area contributed by atoms with Gasteiger partial charge in [-0.3, -0.25) is 9.78 Å². The number of hydrogen-bond donors (Lipinski definition) is 1. The lowest BCUT2D eigenvalue weighted by molar-refractivity contribution is -0.142. The van der Waals surface area contributed by atoms with Crippen LogP contribution in [0.4, 0.5) is 0 Å². The second kappa shape index (κ2) is 7.75. The second-order valence-electron chi connectivity index (χ2n) is 8.92. The lowest BCUT2D eigenvalue weighted by atomic mass is 9.69. The van der Waals surface area contributed by atoms with E-state index in [-0.39, 0.29) is 23.9 Å². The molecule has 0 saturated carbocycles. The molecule has 1 aromatic heterocycles. The van der Waals surface area contributed by atoms with E-state index in [1.54, 1.807) is 6.20 Å². The van der Waals surface area contributed by atoms with Gasteiger partial charge in [-0.15, -0.1) is 0 Å². The highest BCUT2D eigenvalue weighted by molar-refractivity contribution is 6.04. The van der Waals surface area contributed by atoms with E-state index in [4.69, 9.17) is 9.47 Å². The molecule has 3 aliphatic rings. The highest BCUT2D eigenvalue weighted by atomic mass is 16.6. The van der Waals surface area contributed by atoms with Crippen LogP contribution in [0.2, 0.25) is 0 Å². The highest BCUT2D eigenvalue weighted by Crippen LogP contribution is 2.46. The van der Waals surface area contributed by atoms with Gasteiger partial charge in [-0.2, -0.15) is 0 Å². The topological polar surface area (TPSA) is 77.5 Å². The molecule has 6 heteroatoms. The largest absolute Gasteiger partial charge is 0.459 e. The first kappa shape index (κ1) is 19.8. The summed E-state index contributed by atoms with van der Waals surface area (Å²) in [5.41, 5.74) is 3.32. The van der Waals surface area contributed by atoms with Crippen LogP contribution < -0.4 is 5.32 Å². The van der Waals surface area contributed by atoms with E-state index < -0.39 is 11.9 Å². The monoisotopic (exact) mass is 396 g/mol. The molecule has 6 nitrogen and oxygen atoms in total. The molecule has 0 unspecified atom stereocenters. The molecule has 0 spiro atoms. The quantitative estimate of drug-likeness (QED) is 0.786. The first-order chi connectivity index (χ1) is 13.9. The van der Waals surface area contributed by atoms with Crippen molar-refractivity contribution in [3.63, 3.8) is 0 Å². The molecule has 0 amide bonds. The number of dihydropyridines is 1. The number of nitrogens with zero attached hydrogens (tertiary/aromatic N) is 1. The molecule has 4 rings (SSSR count). The summed E-state index contributed by atoms with van der Waals surface area (Å²) >= 11 is 0. The third-order valence-corrected chi connectivity index (χ3v) is 5.87. The molecule has 29 heavy (non-hydrogen) atoms. The number of hydrogen-bond acceptors (Lipinski definition) is 6. The summed E-state index contributed by atoms with van der Waals surface area (Å²) in [4.78, 5) is 30.8. The number of carbonyl (C=O) groups is 2. The van der Waals surface area contributed by atoms with Crippen molar-refractivity contribution in [3.8, 4) is 0 Å². The van der Waals surface area contributed by atoms with Gasteiger partial charge in [0.2, 0.25) is 0 Å². The average Bonchev–Trinajstić information content (AvgIpc) is 3.18. The number of aromatic nitrogens is 1. The van der Waals surface area contributed by atoms with Crippen LogP contribution in [0.1, 0.15) is 58.1 Å². The van der Waals surface area contributed by atoms with Crippen molar-refractivity contribution in [2.24, 2.45) is 5.41 Å². The van der Waals surface area contributed by atoms with Gasteiger partial charge < -0.3 is 14.8 Å². The number of allylic oxidation sites excluding steroid dienone is 3. The molecule has 2 aliphatic heterocycles. The Morgan fingerprint density at radius 1 is 1.34 bits per heavy atom. The van der Waals surface area contributed by atoms with Gasteiger partial charge >= 0.3 is 5.97 Å². The fourth-order valence-corrected chi connectivity index (χ4v) is 4.57. The maximum absolute atomic E-state index is 13.1. The molecule has 1 aromatic rings. The fraction of sp³-hybridized carbons (Fsp3) is 0.522. The Bertz CT molecular complexity index is 879. The van der Waals surface area contributed by atoms with Gasteiger partial charge in [-0.05, 0) is 43.7 Å². The summed E-state index contributed by atoms with van der Waals surface area (Å²) in [5.74, 6) is -0.852. The number of ketones is 1. The predicted octanol–water partition coefficient (Wildman–Crippen LogP) is 3.41. The van der Waals surface area contributed by atoms with Crippen molar-refractivity contribution >= 4 is 11.8 Å². The Balaban J connectivity index is 1.70. The summed E-state index contributed by atoms with van der Waals surface area (Å²) in [6.45, 7) is 7.00. The van der Waals surface area contributed by atoms with Gasteiger partial charge in [0.1, 0.15) is 6.61 Å². The number of nitrogens with one attached hydrogen (secondary N) is 1. The van der Waals surface area contributed by atoms with Crippen molar-refractivity contribution in [2.45, 2.75) is 58.5 Å². The van der Waals surface area contributed by atoms with Crippen LogP contribution in [-0.4, -0.2) is 36.1 Å². The Kier molecular flexibility index (Phi) is 5.30. The van der Waals surface area contributed by atoms with Gasteiger partial charge in [0.15, 0.2) is 5.78 Å². The molecule has 1 saturated heterocycles. The van der Waals surface area contributed by atoms with Crippen LogP contribution >= 0.6 is 0 Å². The van der Waals surface area contributed by atoms with Crippen LogP contribution in [-0.2, 0) is 19.1 Å². The molecule has 0 bridgehead atoms. The Morgan fingerprint density at radius 2 is 2.17 bits per heavy atom. The number of pyridine rings is 1. The summed E-state index contributed by atoms with van der Waals surface area (Å²) in [6, 6.07) is 5.58. The van der Waals surface area contributed by atoms with Gasteiger partial charge in [0.25, 0.3) is 0 Å². The molecule has 0 radical (unpaired) electrons. The second-order valence-corrected chi connectivity index (χ2v) is 8.92. The smallest absolute Gasteiger partial charge is 0.336 e. The highest BCUT2D eigenvalue weighted by Gasteiger charge is 2.43. The van der Waals surface area contributed by atoms with E-state index in [2.05, 4.69) is 24.1 Å². The van der Waals surface area contributed by atoms with Crippen molar-refractivity contribution in [1.82, 2.24) is 10.3 Å². The molecule has 154 valence electrons. The van der Waals surface area contributed by atoms with E-state index in [1.165, 1.54) is 0 Å². The molecular formula is C23H28N2O4. The minimum Gasteiger partial charge on any atom is -0.459 e. The molecule has 1 N–H and O–H groups in total. The average molecular weight is 396 g/mol. The lowest BCUT2D eigenvalue weighted by Crippen LogP contribution is -2.39. The lowest BCUT2D eigenvalue weighted by Gasteiger charge is -2.39. The van der Waals surface area contributed by atoms with Crippen molar-refractivity contribution < 1.29 is 19.1 Å². The molecular weight excluding hydrogens is 368 g/mol. The van der Waals surface area contributed by atoms with Crippen LogP contribution in [0.5, 0.6) is 0 Å². The molecule has 3 heterocycles. The van der Waals surface area contributed by atoms with E-state index >= 15 is 0 Å². The normalized spacial score (nSPS) is 26.2. The van der Waals surface area contributed by atoms with E-state index in [0.717, 1.165) is 30.7 Å². The van der Waals surface area contributed by atoms with E-state index in [1.807, 2.05) is 25.1 Å². The molecule has 2 atom stereocenters. The van der Waals surface area contributed by atoms with Crippen molar-refractivity contribution in [1.29, 1.82) is 0 Å². The van der Waals surface area contributed by atoms with Gasteiger partial charge in [-0.25, -0.2) is 4.79 Å². The van der Waals surface area contributed by atoms with Crippen LogP contribution in [0.3, 0.4) is 0 Å². The van der Waals surface area contributed by atoms with E-state index in [9.17, 15) is 9.59 Å². The van der Waals surface area contributed by atoms with Crippen molar-refractivity contribution in [3.05, 3.63) is 52.6 Å². The molecule has 0 aromatic carbocycles. The number of rotatable bonds is 4. The Hall–Kier alpha value is -2.47. The van der Waals surface area contributed by atoms with Gasteiger partial charge in [-0.1, -0.05) is 19.9 Å². The first-order valence-corrected chi connectivity index (χ1v) is 10.3. The number of esters is 1. The van der Waals surface area contributed by atoms with Crippen LogP contribution in [0.15, 0.2) is 46.9 Å². The number of ether oxygens (including phenoxy) is 2. The zero-order valence-electron chi connectivity index (χ0n) is 17.3. The van der Waals surface area contributed by atoms with Crippen LogP contribution in [0, 0.1) is 5.41 Å². The third-order valence-electron chi connectivity index (χ3n) is 5.87. The van der Waals surface area contributed by atoms with E-state index in [0.29, 0.717) is 29.9 Å². The molecule has 1 aliphatic carbocycles. The molecule has 1 fully saturated rings. The SMILES string of the molecule is CC1=C(C(=O)OC[C@H]2CCCO2)[C@@H](c2ccccn2)C2=C(CC(C)(C)CC2=O)N1. The fourth-order valence-electron chi connectivity index (χ4n) is 4.57.